The van der Waals surface area contributed by atoms with Crippen molar-refractivity contribution in [3.8, 4) is 0 Å². The average Bonchev–Trinajstić information content (AvgIpc) is 2.65. The standard InChI is InChI=1S/C15H25O10P/c1-4-13(16)20-7-10-23-26(19,24-11-8-21-14(17)5-2)25-12-9-22-15(18)6-3/h4-6,13-14,16-17H,1-3,7-12H2. The fourth-order valence-corrected chi connectivity index (χ4v) is 2.35. The van der Waals surface area contributed by atoms with Gasteiger partial charge >= 0.3 is 13.8 Å². The molecular formula is C15H25O10P. The highest BCUT2D eigenvalue weighted by molar-refractivity contribution is 7.48. The molecule has 0 heterocycles. The minimum Gasteiger partial charge on any atom is -0.460 e. The largest absolute Gasteiger partial charge is 0.475 e. The lowest BCUT2D eigenvalue weighted by molar-refractivity contribution is -0.138. The molecule has 150 valence electrons. The third kappa shape index (κ3) is 12.9. The van der Waals surface area contributed by atoms with Crippen molar-refractivity contribution in [2.45, 2.75) is 12.6 Å². The molecule has 2 N–H and O–H groups in total. The molecule has 10 nitrogen and oxygen atoms in total. The summed E-state index contributed by atoms with van der Waals surface area (Å²) in [4.78, 5) is 10.9. The van der Waals surface area contributed by atoms with E-state index in [9.17, 15) is 9.36 Å². The first-order valence-corrected chi connectivity index (χ1v) is 9.00. The van der Waals surface area contributed by atoms with Crippen LogP contribution in [0.15, 0.2) is 38.0 Å². The van der Waals surface area contributed by atoms with Crippen molar-refractivity contribution >= 4 is 13.8 Å². The first-order chi connectivity index (χ1) is 12.4. The number of aliphatic hydroxyl groups excluding tert-OH is 2. The van der Waals surface area contributed by atoms with Gasteiger partial charge in [-0.2, -0.15) is 0 Å². The van der Waals surface area contributed by atoms with Crippen LogP contribution < -0.4 is 0 Å². The molecule has 0 saturated heterocycles. The molecule has 2 atom stereocenters. The topological polar surface area (TPSA) is 130 Å². The van der Waals surface area contributed by atoms with Gasteiger partial charge in [-0.3, -0.25) is 13.6 Å². The molecule has 0 aliphatic rings. The SMILES string of the molecule is C=CC(=O)OCCOP(=O)(OCCOC(O)C=C)OCCOC(O)C=C. The van der Waals surface area contributed by atoms with Gasteiger partial charge in [-0.15, -0.1) is 0 Å². The maximum absolute atomic E-state index is 12.5. The Morgan fingerprint density at radius 3 is 1.65 bits per heavy atom. The fraction of sp³-hybridized carbons (Fsp3) is 0.533. The van der Waals surface area contributed by atoms with Crippen LogP contribution in [0.25, 0.3) is 0 Å². The molecule has 2 unspecified atom stereocenters. The number of ether oxygens (including phenoxy) is 3. The van der Waals surface area contributed by atoms with Crippen molar-refractivity contribution in [3.63, 3.8) is 0 Å². The molecule has 0 aromatic carbocycles. The summed E-state index contributed by atoms with van der Waals surface area (Å²) in [5.74, 6) is -0.663. The third-order valence-electron chi connectivity index (χ3n) is 2.39. The Kier molecular flexibility index (Phi) is 14.0. The lowest BCUT2D eigenvalue weighted by Gasteiger charge is -2.18. The first-order valence-electron chi connectivity index (χ1n) is 7.54. The van der Waals surface area contributed by atoms with Crippen LogP contribution in [0.4, 0.5) is 0 Å². The number of aliphatic hydroxyl groups is 2. The van der Waals surface area contributed by atoms with Crippen LogP contribution in [0.3, 0.4) is 0 Å². The van der Waals surface area contributed by atoms with Crippen LogP contribution in [0.1, 0.15) is 0 Å². The van der Waals surface area contributed by atoms with Crippen molar-refractivity contribution < 1.29 is 47.4 Å². The van der Waals surface area contributed by atoms with E-state index < -0.39 is 26.4 Å². The second-order valence-corrected chi connectivity index (χ2v) is 5.98. The van der Waals surface area contributed by atoms with E-state index in [0.29, 0.717) is 0 Å². The molecule has 0 radical (unpaired) electrons. The van der Waals surface area contributed by atoms with Gasteiger partial charge in [0, 0.05) is 6.08 Å². The van der Waals surface area contributed by atoms with E-state index >= 15 is 0 Å². The zero-order chi connectivity index (χ0) is 19.8. The van der Waals surface area contributed by atoms with Gasteiger partial charge in [0.05, 0.1) is 33.0 Å². The molecule has 0 spiro atoms. The second-order valence-electron chi connectivity index (χ2n) is 4.31. The van der Waals surface area contributed by atoms with Gasteiger partial charge in [0.1, 0.15) is 6.61 Å². The summed E-state index contributed by atoms with van der Waals surface area (Å²) in [7, 11) is -4.02. The van der Waals surface area contributed by atoms with E-state index in [1.807, 2.05) is 0 Å². The first kappa shape index (κ1) is 24.6. The highest BCUT2D eigenvalue weighted by Gasteiger charge is 2.27. The number of carbonyl (C=O) groups excluding carboxylic acids is 1. The molecule has 0 fully saturated rings. The Morgan fingerprint density at radius 1 is 0.846 bits per heavy atom. The highest BCUT2D eigenvalue weighted by Crippen LogP contribution is 2.49. The average molecular weight is 396 g/mol. The summed E-state index contributed by atoms with van der Waals surface area (Å²) in [5, 5.41) is 18.3. The molecule has 0 rings (SSSR count). The van der Waals surface area contributed by atoms with Crippen LogP contribution in [0, 0.1) is 0 Å². The van der Waals surface area contributed by atoms with Crippen LogP contribution in [-0.2, 0) is 37.1 Å². The van der Waals surface area contributed by atoms with Gasteiger partial charge in [0.25, 0.3) is 0 Å². The molecule has 26 heavy (non-hydrogen) atoms. The van der Waals surface area contributed by atoms with E-state index in [0.717, 1.165) is 18.2 Å². The predicted molar refractivity (Wildman–Crippen MR) is 90.9 cm³/mol. The van der Waals surface area contributed by atoms with E-state index in [1.54, 1.807) is 0 Å². The number of hydrogen-bond acceptors (Lipinski definition) is 10. The van der Waals surface area contributed by atoms with Crippen LogP contribution >= 0.6 is 7.82 Å². The molecule has 0 aromatic rings. The minimum atomic E-state index is -4.02. The van der Waals surface area contributed by atoms with Crippen LogP contribution in [0.2, 0.25) is 0 Å². The van der Waals surface area contributed by atoms with Crippen molar-refractivity contribution in [1.82, 2.24) is 0 Å². The van der Waals surface area contributed by atoms with Crippen molar-refractivity contribution in [2.75, 3.05) is 39.6 Å². The highest BCUT2D eigenvalue weighted by atomic mass is 31.2. The van der Waals surface area contributed by atoms with E-state index in [1.165, 1.54) is 0 Å². The van der Waals surface area contributed by atoms with Crippen molar-refractivity contribution in [3.05, 3.63) is 38.0 Å². The van der Waals surface area contributed by atoms with Gasteiger partial charge in [-0.1, -0.05) is 19.7 Å². The zero-order valence-electron chi connectivity index (χ0n) is 14.4. The Hall–Kier alpha value is -1.36. The monoisotopic (exact) mass is 396 g/mol. The maximum atomic E-state index is 12.5. The minimum absolute atomic E-state index is 0.110. The van der Waals surface area contributed by atoms with Crippen LogP contribution in [0.5, 0.6) is 0 Å². The molecule has 0 aromatic heterocycles. The van der Waals surface area contributed by atoms with E-state index in [-0.39, 0.29) is 39.6 Å². The Balaban J connectivity index is 4.36. The quantitative estimate of drug-likeness (QED) is 0.0914. The van der Waals surface area contributed by atoms with Gasteiger partial charge in [-0.05, 0) is 12.2 Å². The molecule has 0 saturated carbocycles. The van der Waals surface area contributed by atoms with Crippen molar-refractivity contribution in [1.29, 1.82) is 0 Å². The van der Waals surface area contributed by atoms with Gasteiger partial charge in [0.15, 0.2) is 12.6 Å². The fourth-order valence-electron chi connectivity index (χ4n) is 1.23. The molecule has 0 bridgehead atoms. The smallest absolute Gasteiger partial charge is 0.460 e. The number of phosphoric acid groups is 1. The van der Waals surface area contributed by atoms with Crippen molar-refractivity contribution in [2.24, 2.45) is 0 Å². The Morgan fingerprint density at radius 2 is 1.27 bits per heavy atom. The van der Waals surface area contributed by atoms with Gasteiger partial charge in [-0.25, -0.2) is 9.36 Å². The molecule has 0 aliphatic carbocycles. The Labute approximate surface area is 152 Å². The van der Waals surface area contributed by atoms with Crippen LogP contribution in [-0.4, -0.2) is 68.4 Å². The summed E-state index contributed by atoms with van der Waals surface area (Å²) in [6.07, 6.45) is 0.904. The maximum Gasteiger partial charge on any atom is 0.475 e. The number of phosphoric ester groups is 1. The normalized spacial score (nSPS) is 15.5. The number of rotatable bonds is 17. The molecule has 0 aliphatic heterocycles. The number of carbonyl (C=O) groups is 1. The lowest BCUT2D eigenvalue weighted by Crippen LogP contribution is -2.16. The summed E-state index contributed by atoms with van der Waals surface area (Å²) >= 11 is 0. The zero-order valence-corrected chi connectivity index (χ0v) is 15.3. The van der Waals surface area contributed by atoms with Gasteiger partial charge in [0.2, 0.25) is 0 Å². The molecule has 11 heteroatoms. The summed E-state index contributed by atoms with van der Waals surface area (Å²) < 4.78 is 41.9. The summed E-state index contributed by atoms with van der Waals surface area (Å²) in [6, 6.07) is 0. The van der Waals surface area contributed by atoms with Gasteiger partial charge < -0.3 is 24.4 Å². The molecule has 0 amide bonds. The predicted octanol–water partition coefficient (Wildman–Crippen LogP) is 0.915. The molecular weight excluding hydrogens is 371 g/mol. The van der Waals surface area contributed by atoms with E-state index in [4.69, 9.17) is 33.3 Å². The summed E-state index contributed by atoms with van der Waals surface area (Å²) in [6.45, 7) is 8.76. The number of hydrogen-bond donors (Lipinski definition) is 2. The number of esters is 1. The summed E-state index contributed by atoms with van der Waals surface area (Å²) in [5.41, 5.74) is 0. The second kappa shape index (κ2) is 14.8. The third-order valence-corrected chi connectivity index (χ3v) is 3.89. The lowest BCUT2D eigenvalue weighted by atomic mass is 10.6. The van der Waals surface area contributed by atoms with E-state index in [2.05, 4.69) is 24.5 Å². The Bertz CT molecular complexity index is 455.